The average molecular weight is 352 g/mol. The van der Waals surface area contributed by atoms with Crippen LogP contribution in [0, 0.1) is 10.1 Å². The molecule has 6 heteroatoms. The van der Waals surface area contributed by atoms with E-state index in [1.807, 2.05) is 30.3 Å². The number of nitro benzene ring substituents is 1. The highest BCUT2D eigenvalue weighted by Crippen LogP contribution is 2.28. The van der Waals surface area contributed by atoms with Gasteiger partial charge in [-0.05, 0) is 17.2 Å². The van der Waals surface area contributed by atoms with Crippen LogP contribution in [0.3, 0.4) is 0 Å². The molecule has 0 atom stereocenters. The zero-order valence-corrected chi connectivity index (χ0v) is 12.8. The number of ether oxygens (including phenoxy) is 2. The number of nitrogens with zero attached hydrogens (tertiary/aromatic N) is 1. The first kappa shape index (κ1) is 15.5. The van der Waals surface area contributed by atoms with Gasteiger partial charge in [-0.15, -0.1) is 0 Å². The van der Waals surface area contributed by atoms with Gasteiger partial charge < -0.3 is 9.47 Å². The Hall–Kier alpha value is -1.92. The summed E-state index contributed by atoms with van der Waals surface area (Å²) < 4.78 is 10.8. The lowest BCUT2D eigenvalue weighted by molar-refractivity contribution is -0.386. The minimum absolute atomic E-state index is 0.0402. The Morgan fingerprint density at radius 1 is 1.10 bits per heavy atom. The molecule has 0 aliphatic rings. The van der Waals surface area contributed by atoms with Crippen LogP contribution in [0.4, 0.5) is 5.69 Å². The molecule has 0 bridgehead atoms. The summed E-state index contributed by atoms with van der Waals surface area (Å²) in [6.07, 6.45) is 0. The molecule has 0 fully saturated rings. The number of rotatable bonds is 7. The fourth-order valence-electron chi connectivity index (χ4n) is 1.75. The molecule has 0 aliphatic heterocycles. The molecular formula is C15H14BrNO4. The lowest BCUT2D eigenvalue weighted by Crippen LogP contribution is -2.05. The smallest absolute Gasteiger partial charge is 0.311 e. The van der Waals surface area contributed by atoms with Crippen LogP contribution in [0.2, 0.25) is 0 Å². The molecule has 0 unspecified atom stereocenters. The molecule has 0 saturated carbocycles. The zero-order chi connectivity index (χ0) is 15.1. The molecule has 0 heterocycles. The van der Waals surface area contributed by atoms with E-state index in [-0.39, 0.29) is 18.2 Å². The molecular weight excluding hydrogens is 338 g/mol. The van der Waals surface area contributed by atoms with E-state index in [2.05, 4.69) is 15.9 Å². The third-order valence-electron chi connectivity index (χ3n) is 2.78. The highest BCUT2D eigenvalue weighted by Gasteiger charge is 2.15. The van der Waals surface area contributed by atoms with Gasteiger partial charge in [0.25, 0.3) is 0 Å². The topological polar surface area (TPSA) is 61.6 Å². The van der Waals surface area contributed by atoms with E-state index in [4.69, 9.17) is 9.47 Å². The van der Waals surface area contributed by atoms with E-state index < -0.39 is 4.92 Å². The second kappa shape index (κ2) is 7.75. The minimum atomic E-state index is -0.468. The quantitative estimate of drug-likeness (QED) is 0.248. The van der Waals surface area contributed by atoms with Crippen molar-refractivity contribution in [1.29, 1.82) is 0 Å². The number of halogens is 1. The summed E-state index contributed by atoms with van der Waals surface area (Å²) in [5.41, 5.74) is 1.85. The van der Waals surface area contributed by atoms with Gasteiger partial charge in [0.1, 0.15) is 0 Å². The van der Waals surface area contributed by atoms with Crippen molar-refractivity contribution in [1.82, 2.24) is 0 Å². The van der Waals surface area contributed by atoms with E-state index in [9.17, 15) is 10.1 Å². The first-order chi connectivity index (χ1) is 10.2. The summed E-state index contributed by atoms with van der Waals surface area (Å²) >= 11 is 3.31. The number of hydrogen-bond acceptors (Lipinski definition) is 4. The maximum absolute atomic E-state index is 10.9. The summed E-state index contributed by atoms with van der Waals surface area (Å²) in [6, 6.07) is 14.4. The number of benzene rings is 2. The van der Waals surface area contributed by atoms with E-state index in [1.165, 1.54) is 6.07 Å². The van der Waals surface area contributed by atoms with E-state index in [0.29, 0.717) is 11.9 Å². The van der Waals surface area contributed by atoms with E-state index >= 15 is 0 Å². The second-order valence-electron chi connectivity index (χ2n) is 4.29. The molecule has 110 valence electrons. The summed E-state index contributed by atoms with van der Waals surface area (Å²) in [5, 5.41) is 11.6. The Morgan fingerprint density at radius 2 is 1.86 bits per heavy atom. The van der Waals surface area contributed by atoms with Crippen molar-refractivity contribution < 1.29 is 14.4 Å². The van der Waals surface area contributed by atoms with Gasteiger partial charge in [-0.2, -0.15) is 0 Å². The number of hydrogen-bond donors (Lipinski definition) is 0. The van der Waals surface area contributed by atoms with Crippen molar-refractivity contribution in [3.63, 3.8) is 0 Å². The molecule has 2 aromatic carbocycles. The maximum atomic E-state index is 10.9. The van der Waals surface area contributed by atoms with Gasteiger partial charge in [0.15, 0.2) is 12.5 Å². The molecule has 0 radical (unpaired) electrons. The van der Waals surface area contributed by atoms with Crippen LogP contribution in [0.15, 0.2) is 48.5 Å². The number of nitro groups is 1. The SMILES string of the molecule is O=[N+]([O-])c1ccc(CBr)cc1OCOCc1ccccc1. The molecule has 0 saturated heterocycles. The van der Waals surface area contributed by atoms with Gasteiger partial charge in [-0.3, -0.25) is 10.1 Å². The van der Waals surface area contributed by atoms with Crippen LogP contribution >= 0.6 is 15.9 Å². The molecule has 0 aromatic heterocycles. The zero-order valence-electron chi connectivity index (χ0n) is 11.2. The van der Waals surface area contributed by atoms with Crippen LogP contribution < -0.4 is 4.74 Å². The predicted octanol–water partition coefficient (Wildman–Crippen LogP) is 4.04. The van der Waals surface area contributed by atoms with Crippen molar-refractivity contribution in [2.24, 2.45) is 0 Å². The lowest BCUT2D eigenvalue weighted by Gasteiger charge is -2.09. The molecule has 0 N–H and O–H groups in total. The second-order valence-corrected chi connectivity index (χ2v) is 4.85. The molecule has 5 nitrogen and oxygen atoms in total. The largest absolute Gasteiger partial charge is 0.460 e. The molecule has 2 rings (SSSR count). The minimum Gasteiger partial charge on any atom is -0.460 e. The summed E-state index contributed by atoms with van der Waals surface area (Å²) in [7, 11) is 0. The van der Waals surface area contributed by atoms with Crippen LogP contribution in [0.1, 0.15) is 11.1 Å². The van der Waals surface area contributed by atoms with Crippen LogP contribution in [0.5, 0.6) is 5.75 Å². The Labute approximate surface area is 130 Å². The van der Waals surface area contributed by atoms with Crippen molar-refractivity contribution in [3.8, 4) is 5.75 Å². The molecule has 0 aliphatic carbocycles. The van der Waals surface area contributed by atoms with Crippen LogP contribution in [0.25, 0.3) is 0 Å². The van der Waals surface area contributed by atoms with Gasteiger partial charge in [0.2, 0.25) is 0 Å². The monoisotopic (exact) mass is 351 g/mol. The van der Waals surface area contributed by atoms with Gasteiger partial charge in [0.05, 0.1) is 11.5 Å². The van der Waals surface area contributed by atoms with Crippen molar-refractivity contribution in [2.45, 2.75) is 11.9 Å². The van der Waals surface area contributed by atoms with Crippen molar-refractivity contribution in [2.75, 3.05) is 6.79 Å². The van der Waals surface area contributed by atoms with E-state index in [0.717, 1.165) is 11.1 Å². The highest BCUT2D eigenvalue weighted by molar-refractivity contribution is 9.08. The average Bonchev–Trinajstić information content (AvgIpc) is 2.52. The Balaban J connectivity index is 1.94. The summed E-state index contributed by atoms with van der Waals surface area (Å²) in [6.45, 7) is 0.355. The summed E-state index contributed by atoms with van der Waals surface area (Å²) in [4.78, 5) is 10.5. The molecule has 0 amide bonds. The predicted molar refractivity (Wildman–Crippen MR) is 82.5 cm³/mol. The standard InChI is InChI=1S/C15H14BrNO4/c16-9-13-6-7-14(17(18)19)15(8-13)21-11-20-10-12-4-2-1-3-5-12/h1-8H,9-11H2. The molecule has 21 heavy (non-hydrogen) atoms. The van der Waals surface area contributed by atoms with Gasteiger partial charge in [-0.25, -0.2) is 0 Å². The molecule has 0 spiro atoms. The third kappa shape index (κ3) is 4.54. The fourth-order valence-corrected chi connectivity index (χ4v) is 2.10. The normalized spacial score (nSPS) is 10.3. The molecule has 2 aromatic rings. The number of alkyl halides is 1. The van der Waals surface area contributed by atoms with Gasteiger partial charge in [-0.1, -0.05) is 52.3 Å². The third-order valence-corrected chi connectivity index (χ3v) is 3.43. The lowest BCUT2D eigenvalue weighted by atomic mass is 10.2. The van der Waals surface area contributed by atoms with Crippen molar-refractivity contribution in [3.05, 3.63) is 69.8 Å². The Morgan fingerprint density at radius 3 is 2.52 bits per heavy atom. The Kier molecular flexibility index (Phi) is 5.71. The maximum Gasteiger partial charge on any atom is 0.311 e. The Bertz CT molecular complexity index is 604. The van der Waals surface area contributed by atoms with Crippen LogP contribution in [-0.2, 0) is 16.7 Å². The van der Waals surface area contributed by atoms with Gasteiger partial charge >= 0.3 is 5.69 Å². The van der Waals surface area contributed by atoms with Gasteiger partial charge in [0, 0.05) is 11.4 Å². The first-order valence-corrected chi connectivity index (χ1v) is 7.40. The van der Waals surface area contributed by atoms with Crippen molar-refractivity contribution >= 4 is 21.6 Å². The fraction of sp³-hybridized carbons (Fsp3) is 0.200. The van der Waals surface area contributed by atoms with E-state index in [1.54, 1.807) is 12.1 Å². The highest BCUT2D eigenvalue weighted by atomic mass is 79.9. The van der Waals surface area contributed by atoms with Crippen LogP contribution in [-0.4, -0.2) is 11.7 Å². The first-order valence-electron chi connectivity index (χ1n) is 6.28. The summed E-state index contributed by atoms with van der Waals surface area (Å²) in [5.74, 6) is 0.213.